The quantitative estimate of drug-likeness (QED) is 0.270. The first-order valence-electron chi connectivity index (χ1n) is 0.783. The van der Waals surface area contributed by atoms with Gasteiger partial charge in [0.15, 0.2) is 0 Å². The van der Waals surface area contributed by atoms with Gasteiger partial charge in [0, 0.05) is 0 Å². The van der Waals surface area contributed by atoms with Crippen molar-refractivity contribution < 1.29 is 99.4 Å². The van der Waals surface area contributed by atoms with Gasteiger partial charge in [-0.2, -0.15) is 0 Å². The van der Waals surface area contributed by atoms with Crippen molar-refractivity contribution in [3.63, 3.8) is 0 Å². The summed E-state index contributed by atoms with van der Waals surface area (Å²) in [5.41, 5.74) is 0. The van der Waals surface area contributed by atoms with Crippen molar-refractivity contribution in [1.29, 1.82) is 0 Å². The van der Waals surface area contributed by atoms with E-state index >= 15 is 0 Å². The van der Waals surface area contributed by atoms with Crippen LogP contribution in [-0.4, -0.2) is 42.1 Å². The van der Waals surface area contributed by atoms with E-state index in [0.717, 1.165) is 0 Å². The minimum atomic E-state index is -4.64. The van der Waals surface area contributed by atoms with Crippen LogP contribution in [0, 0.1) is 0 Å². The zero-order chi connectivity index (χ0) is 4.50. The Bertz CT molecular complexity index is 60.7. The smallest absolute Gasteiger partial charge is 1.00 e. The fourth-order valence-corrected chi connectivity index (χ4v) is 0. The van der Waals surface area contributed by atoms with Gasteiger partial charge in [0.25, 0.3) is 0 Å². The Kier molecular flexibility index (Phi) is 111. The first-order chi connectivity index (χ1) is 2.00. The Hall–Kier alpha value is 1.55. The summed E-state index contributed by atoms with van der Waals surface area (Å²) in [6.07, 6.45) is 0. The van der Waals surface area contributed by atoms with Crippen molar-refractivity contribution in [2.24, 2.45) is 0 Å². The van der Waals surface area contributed by atoms with Gasteiger partial charge in [0.05, 0.1) is 0 Å². The summed E-state index contributed by atoms with van der Waals surface area (Å²) in [4.78, 5) is 21.6. The molecule has 0 unspecified atom stereocenters. The molecule has 11 heteroatoms. The molecule has 9 nitrogen and oxygen atoms in total. The van der Waals surface area contributed by atoms with E-state index in [2.05, 4.69) is 0 Å². The van der Waals surface area contributed by atoms with E-state index < -0.39 is 7.82 Å². The zero-order valence-electron chi connectivity index (χ0n) is 6.70. The molecule has 0 amide bonds. The topological polar surface area (TPSA) is 235 Å². The van der Waals surface area contributed by atoms with Crippen LogP contribution in [-0.2, 0) is 4.57 Å². The van der Waals surface area contributed by atoms with E-state index in [4.69, 9.17) is 19.2 Å². The Morgan fingerprint density at radius 1 is 0.818 bits per heavy atom. The molecule has 11 heavy (non-hydrogen) atoms. The third-order valence-corrected chi connectivity index (χ3v) is 0. The van der Waals surface area contributed by atoms with Crippen LogP contribution in [0.3, 0.4) is 0 Å². The summed E-state index contributed by atoms with van der Waals surface area (Å²) >= 11 is 0. The normalized spacial score (nSPS) is 5.36. The molecular weight excluding hydrogens is 214 g/mol. The van der Waals surface area contributed by atoms with E-state index in [1.807, 2.05) is 0 Å². The van der Waals surface area contributed by atoms with Gasteiger partial charge in [-0.05, 0) is 0 Å². The predicted octanol–water partition coefficient (Wildman–Crippen LogP) is -7.94. The average molecular weight is 228 g/mol. The van der Waals surface area contributed by atoms with Gasteiger partial charge < -0.3 is 43.5 Å². The van der Waals surface area contributed by atoms with Crippen molar-refractivity contribution in [3.05, 3.63) is 0 Å². The Labute approximate surface area is 106 Å². The second-order valence-corrected chi connectivity index (χ2v) is 1.54. The van der Waals surface area contributed by atoms with Crippen molar-refractivity contribution >= 4 is 7.82 Å². The Morgan fingerprint density at radius 2 is 0.818 bits per heavy atom. The van der Waals surface area contributed by atoms with Crippen molar-refractivity contribution in [2.45, 2.75) is 0 Å². The molecule has 0 aliphatic rings. The molecule has 0 atom stereocenters. The number of hydrogen-bond acceptors (Lipinski definition) is 1. The van der Waals surface area contributed by atoms with E-state index in [9.17, 15) is 0 Å². The summed E-state index contributed by atoms with van der Waals surface area (Å²) in [7, 11) is -4.64. The first kappa shape index (κ1) is 54.4. The summed E-state index contributed by atoms with van der Waals surface area (Å²) < 4.78 is 8.88. The molecule has 0 radical (unpaired) electrons. The maximum atomic E-state index is 8.88. The van der Waals surface area contributed by atoms with Crippen molar-refractivity contribution in [1.82, 2.24) is 0 Å². The van der Waals surface area contributed by atoms with E-state index in [1.54, 1.807) is 0 Å². The molecule has 0 fully saturated rings. The molecule has 0 aromatic rings. The summed E-state index contributed by atoms with van der Waals surface area (Å²) in [6, 6.07) is 0. The van der Waals surface area contributed by atoms with Gasteiger partial charge in [-0.15, -0.1) is 0 Å². The van der Waals surface area contributed by atoms with Crippen LogP contribution in [0.25, 0.3) is 0 Å². The van der Waals surface area contributed by atoms with Gasteiger partial charge in [0.2, 0.25) is 0 Å². The molecule has 0 spiro atoms. The predicted molar refractivity (Wildman–Crippen MR) is 33.4 cm³/mol. The van der Waals surface area contributed by atoms with Crippen LogP contribution >= 0.6 is 7.82 Å². The maximum absolute atomic E-state index is 8.88. The van der Waals surface area contributed by atoms with Crippen LogP contribution in [0.15, 0.2) is 0 Å². The minimum Gasteiger partial charge on any atom is -1.00 e. The first-order valence-corrected chi connectivity index (χ1v) is 2.35. The van der Waals surface area contributed by atoms with Gasteiger partial charge in [-0.1, -0.05) is 0 Å². The van der Waals surface area contributed by atoms with E-state index in [1.165, 1.54) is 0 Å². The molecule has 0 rings (SSSR count). The molecule has 0 aliphatic heterocycles. The number of rotatable bonds is 0. The number of phosphoric acid groups is 1. The van der Waals surface area contributed by atoms with E-state index in [-0.39, 0.29) is 80.2 Å². The molecule has 0 aromatic carbocycles. The number of hydrogen-bond donors (Lipinski definition) is 3. The summed E-state index contributed by atoms with van der Waals surface area (Å²) in [6.45, 7) is 0. The minimum absolute atomic E-state index is 0. The van der Waals surface area contributed by atoms with Crippen LogP contribution < -0.4 is 51.4 Å². The van der Waals surface area contributed by atoms with Crippen molar-refractivity contribution in [3.8, 4) is 0 Å². The summed E-state index contributed by atoms with van der Waals surface area (Å²) in [5, 5.41) is 0. The molecule has 0 aromatic heterocycles. The van der Waals surface area contributed by atoms with Gasteiger partial charge in [-0.25, -0.2) is 4.57 Å². The van der Waals surface area contributed by atoms with Gasteiger partial charge >= 0.3 is 59.2 Å². The van der Waals surface area contributed by atoms with Crippen LogP contribution in [0.2, 0.25) is 0 Å². The second-order valence-electron chi connectivity index (χ2n) is 0.513. The third-order valence-electron chi connectivity index (χ3n) is 0. The molecule has 0 heterocycles. The summed E-state index contributed by atoms with van der Waals surface area (Å²) in [5.74, 6) is 0. The average Bonchev–Trinajstić information content (AvgIpc) is 0.722. The standard InChI is InChI=1S/K.H3O4P.5H2O.H/c;1-5(2,3)4;;;;;;/h;(H3,1,2,3,4);5*1H2;/q+1;;;;;;;-1. The molecule has 0 saturated carbocycles. The maximum Gasteiger partial charge on any atom is 1.00 e. The van der Waals surface area contributed by atoms with Crippen LogP contribution in [0.4, 0.5) is 0 Å². The Morgan fingerprint density at radius 3 is 0.818 bits per heavy atom. The molecular formula is H14KO9P. The fraction of sp³-hybridized carbons (Fsp3) is 0. The van der Waals surface area contributed by atoms with Crippen LogP contribution in [0.1, 0.15) is 1.43 Å². The molecule has 0 bridgehead atoms. The van der Waals surface area contributed by atoms with Crippen LogP contribution in [0.5, 0.6) is 0 Å². The second kappa shape index (κ2) is 22.6. The largest absolute Gasteiger partial charge is 1.00 e. The zero-order valence-corrected chi connectivity index (χ0v) is 9.71. The molecule has 13 N–H and O–H groups in total. The fourth-order valence-electron chi connectivity index (χ4n) is 0. The van der Waals surface area contributed by atoms with E-state index in [0.29, 0.717) is 0 Å². The monoisotopic (exact) mass is 228 g/mol. The van der Waals surface area contributed by atoms with Gasteiger partial charge in [-0.3, -0.25) is 0 Å². The van der Waals surface area contributed by atoms with Gasteiger partial charge in [0.1, 0.15) is 0 Å². The SMILES string of the molecule is O.O.O.O.O.O=P(O)(O)O.[H-].[K+]. The molecule has 0 aliphatic carbocycles. The third kappa shape index (κ3) is 440. The Balaban J connectivity index is -0.00000000381. The molecule has 74 valence electrons. The van der Waals surface area contributed by atoms with Crippen molar-refractivity contribution in [2.75, 3.05) is 0 Å². The molecule has 0 saturated heterocycles.